The standard InChI is InChI=1S/C24H21Br2ClO3S/c1-3-4-23-18(26)13-24(31-23)20(28)8-5-15-6-9-21(29-2)16(11-15)14-30-22-10-7-17(25)12-19(22)27/h5-13H,3-4,14H2,1-2H3/b8-5+. The van der Waals surface area contributed by atoms with Crippen LogP contribution in [-0.2, 0) is 13.0 Å². The van der Waals surface area contributed by atoms with Gasteiger partial charge in [-0.05, 0) is 70.4 Å². The van der Waals surface area contributed by atoms with Gasteiger partial charge in [0.05, 0.1) is 17.0 Å². The lowest BCUT2D eigenvalue weighted by atomic mass is 10.1. The number of thiophene rings is 1. The van der Waals surface area contributed by atoms with E-state index in [4.69, 9.17) is 21.1 Å². The van der Waals surface area contributed by atoms with Gasteiger partial charge in [-0.1, -0.05) is 53.0 Å². The Bertz CT molecular complexity index is 1110. The highest BCUT2D eigenvalue weighted by Crippen LogP contribution is 2.31. The number of carbonyl (C=O) groups excluding carboxylic acids is 1. The molecule has 0 aliphatic carbocycles. The fourth-order valence-corrected chi connectivity index (χ4v) is 5.57. The van der Waals surface area contributed by atoms with E-state index >= 15 is 0 Å². The van der Waals surface area contributed by atoms with Crippen LogP contribution in [0.25, 0.3) is 6.08 Å². The number of hydrogen-bond donors (Lipinski definition) is 0. The van der Waals surface area contributed by atoms with Crippen molar-refractivity contribution in [2.24, 2.45) is 0 Å². The molecule has 3 nitrogen and oxygen atoms in total. The Balaban J connectivity index is 1.74. The zero-order valence-electron chi connectivity index (χ0n) is 17.1. The maximum atomic E-state index is 12.6. The van der Waals surface area contributed by atoms with Crippen molar-refractivity contribution in [3.8, 4) is 11.5 Å². The predicted molar refractivity (Wildman–Crippen MR) is 136 cm³/mol. The van der Waals surface area contributed by atoms with Gasteiger partial charge in [-0.25, -0.2) is 0 Å². The number of ether oxygens (including phenoxy) is 2. The number of aryl methyl sites for hydroxylation is 1. The number of halogens is 3. The highest BCUT2D eigenvalue weighted by atomic mass is 79.9. The second-order valence-electron chi connectivity index (χ2n) is 6.76. The van der Waals surface area contributed by atoms with Gasteiger partial charge in [-0.2, -0.15) is 0 Å². The van der Waals surface area contributed by atoms with Crippen LogP contribution < -0.4 is 9.47 Å². The van der Waals surface area contributed by atoms with E-state index in [0.29, 0.717) is 23.1 Å². The molecule has 0 fully saturated rings. The van der Waals surface area contributed by atoms with E-state index < -0.39 is 0 Å². The first-order valence-corrected chi connectivity index (χ1v) is 12.4. The second kappa shape index (κ2) is 11.3. The van der Waals surface area contributed by atoms with Crippen LogP contribution in [-0.4, -0.2) is 12.9 Å². The van der Waals surface area contributed by atoms with Crippen LogP contribution in [0.15, 0.2) is 57.5 Å². The van der Waals surface area contributed by atoms with Gasteiger partial charge in [-0.15, -0.1) is 11.3 Å². The summed E-state index contributed by atoms with van der Waals surface area (Å²) in [7, 11) is 1.62. The topological polar surface area (TPSA) is 35.5 Å². The summed E-state index contributed by atoms with van der Waals surface area (Å²) in [6, 6.07) is 13.1. The van der Waals surface area contributed by atoms with Crippen LogP contribution >= 0.6 is 54.8 Å². The fraction of sp³-hybridized carbons (Fsp3) is 0.208. The molecule has 0 saturated heterocycles. The molecule has 0 atom stereocenters. The Morgan fingerprint density at radius 3 is 2.61 bits per heavy atom. The highest BCUT2D eigenvalue weighted by molar-refractivity contribution is 9.10. The molecule has 162 valence electrons. The average Bonchev–Trinajstić information content (AvgIpc) is 3.12. The lowest BCUT2D eigenvalue weighted by Gasteiger charge is -2.12. The fourth-order valence-electron chi connectivity index (χ4n) is 2.94. The van der Waals surface area contributed by atoms with Crippen molar-refractivity contribution in [2.75, 3.05) is 7.11 Å². The predicted octanol–water partition coefficient (Wildman–Crippen LogP) is 8.36. The third kappa shape index (κ3) is 6.45. The Morgan fingerprint density at radius 2 is 1.90 bits per heavy atom. The first-order chi connectivity index (χ1) is 14.9. The van der Waals surface area contributed by atoms with Crippen LogP contribution in [0.5, 0.6) is 11.5 Å². The SMILES string of the molecule is CCCc1sc(C(=O)/C=C/c2ccc(OC)c(COc3ccc(Br)cc3Cl)c2)cc1Br. The number of allylic oxidation sites excluding steroid dienone is 1. The average molecular weight is 585 g/mol. The van der Waals surface area contributed by atoms with Crippen molar-refractivity contribution >= 4 is 66.7 Å². The lowest BCUT2D eigenvalue weighted by Crippen LogP contribution is -2.00. The smallest absolute Gasteiger partial charge is 0.195 e. The quantitative estimate of drug-likeness (QED) is 0.187. The van der Waals surface area contributed by atoms with Gasteiger partial charge in [-0.3, -0.25) is 4.79 Å². The van der Waals surface area contributed by atoms with Gasteiger partial charge in [0.25, 0.3) is 0 Å². The molecule has 0 aliphatic heterocycles. The summed E-state index contributed by atoms with van der Waals surface area (Å²) < 4.78 is 13.2. The minimum Gasteiger partial charge on any atom is -0.496 e. The largest absolute Gasteiger partial charge is 0.496 e. The molecule has 3 aromatic rings. The third-order valence-electron chi connectivity index (χ3n) is 4.49. The molecule has 0 bridgehead atoms. The molecule has 0 unspecified atom stereocenters. The van der Waals surface area contributed by atoms with Crippen molar-refractivity contribution in [3.63, 3.8) is 0 Å². The van der Waals surface area contributed by atoms with E-state index in [1.807, 2.05) is 42.5 Å². The molecule has 0 N–H and O–H groups in total. The van der Waals surface area contributed by atoms with Gasteiger partial charge in [0.15, 0.2) is 5.78 Å². The van der Waals surface area contributed by atoms with E-state index in [2.05, 4.69) is 38.8 Å². The zero-order valence-corrected chi connectivity index (χ0v) is 21.8. The summed E-state index contributed by atoms with van der Waals surface area (Å²) in [6.07, 6.45) is 5.42. The highest BCUT2D eigenvalue weighted by Gasteiger charge is 2.11. The van der Waals surface area contributed by atoms with Crippen LogP contribution in [0, 0.1) is 0 Å². The van der Waals surface area contributed by atoms with Crippen molar-refractivity contribution in [1.82, 2.24) is 0 Å². The summed E-state index contributed by atoms with van der Waals surface area (Å²) in [6.45, 7) is 2.42. The Labute approximate surface area is 208 Å². The minimum absolute atomic E-state index is 0.0108. The Hall–Kier alpha value is -1.60. The first-order valence-electron chi connectivity index (χ1n) is 9.66. The molecule has 0 radical (unpaired) electrons. The molecule has 0 amide bonds. The number of carbonyl (C=O) groups is 1. The van der Waals surface area contributed by atoms with Gasteiger partial charge in [0.2, 0.25) is 0 Å². The summed E-state index contributed by atoms with van der Waals surface area (Å²) in [5.41, 5.74) is 1.75. The number of hydrogen-bond acceptors (Lipinski definition) is 4. The number of benzene rings is 2. The number of ketones is 1. The Kier molecular flexibility index (Phi) is 8.78. The Morgan fingerprint density at radius 1 is 1.13 bits per heavy atom. The monoisotopic (exact) mass is 582 g/mol. The molecule has 3 rings (SSSR count). The summed E-state index contributed by atoms with van der Waals surface area (Å²) in [5.74, 6) is 1.29. The molecule has 0 spiro atoms. The van der Waals surface area contributed by atoms with Gasteiger partial charge in [0.1, 0.15) is 18.1 Å². The van der Waals surface area contributed by atoms with E-state index in [1.54, 1.807) is 30.6 Å². The van der Waals surface area contributed by atoms with Gasteiger partial charge < -0.3 is 9.47 Å². The van der Waals surface area contributed by atoms with Crippen molar-refractivity contribution in [1.29, 1.82) is 0 Å². The molecular weight excluding hydrogens is 564 g/mol. The summed E-state index contributed by atoms with van der Waals surface area (Å²) in [4.78, 5) is 14.5. The normalized spacial score (nSPS) is 11.1. The van der Waals surface area contributed by atoms with E-state index in [1.165, 1.54) is 4.88 Å². The van der Waals surface area contributed by atoms with Crippen LogP contribution in [0.2, 0.25) is 5.02 Å². The van der Waals surface area contributed by atoms with Crippen molar-refractivity contribution in [3.05, 3.63) is 83.4 Å². The van der Waals surface area contributed by atoms with Gasteiger partial charge in [0, 0.05) is 19.4 Å². The molecular formula is C24H21Br2ClO3S. The van der Waals surface area contributed by atoms with Crippen molar-refractivity contribution < 1.29 is 14.3 Å². The minimum atomic E-state index is -0.0108. The second-order valence-corrected chi connectivity index (χ2v) is 10.1. The van der Waals surface area contributed by atoms with Crippen LogP contribution in [0.3, 0.4) is 0 Å². The summed E-state index contributed by atoms with van der Waals surface area (Å²) in [5, 5.41) is 0.527. The van der Waals surface area contributed by atoms with Gasteiger partial charge >= 0.3 is 0 Å². The van der Waals surface area contributed by atoms with Crippen LogP contribution in [0.4, 0.5) is 0 Å². The van der Waals surface area contributed by atoms with E-state index in [-0.39, 0.29) is 5.78 Å². The zero-order chi connectivity index (χ0) is 22.4. The van der Waals surface area contributed by atoms with Crippen molar-refractivity contribution in [2.45, 2.75) is 26.4 Å². The number of methoxy groups -OCH3 is 1. The van der Waals surface area contributed by atoms with E-state index in [0.717, 1.165) is 37.8 Å². The van der Waals surface area contributed by atoms with Crippen LogP contribution in [0.1, 0.15) is 39.0 Å². The molecule has 1 heterocycles. The molecule has 7 heteroatoms. The molecule has 2 aromatic carbocycles. The molecule has 1 aromatic heterocycles. The molecule has 31 heavy (non-hydrogen) atoms. The molecule has 0 saturated carbocycles. The summed E-state index contributed by atoms with van der Waals surface area (Å²) >= 11 is 14.7. The lowest BCUT2D eigenvalue weighted by molar-refractivity contribution is 0.105. The maximum absolute atomic E-state index is 12.6. The van der Waals surface area contributed by atoms with E-state index in [9.17, 15) is 4.79 Å². The first kappa shape index (κ1) is 24.1. The maximum Gasteiger partial charge on any atom is 0.195 e. The number of rotatable bonds is 9. The third-order valence-corrected chi connectivity index (χ3v) is 7.45. The molecule has 0 aliphatic rings.